The molecule has 3 aromatic rings. The number of rotatable bonds is 5. The lowest BCUT2D eigenvalue weighted by molar-refractivity contribution is -0.131. The van der Waals surface area contributed by atoms with E-state index >= 15 is 0 Å². The van der Waals surface area contributed by atoms with Gasteiger partial charge >= 0.3 is 0 Å². The fourth-order valence-electron chi connectivity index (χ4n) is 3.82. The average Bonchev–Trinajstić information content (AvgIpc) is 2.90. The van der Waals surface area contributed by atoms with Gasteiger partial charge in [-0.15, -0.1) is 11.8 Å². The molecule has 0 N–H and O–H groups in total. The van der Waals surface area contributed by atoms with E-state index in [2.05, 4.69) is 22.9 Å². The number of para-hydroxylation sites is 1. The van der Waals surface area contributed by atoms with Crippen LogP contribution in [-0.2, 0) is 17.1 Å². The Labute approximate surface area is 186 Å². The van der Waals surface area contributed by atoms with Crippen LogP contribution in [0.25, 0.3) is 10.9 Å². The fourth-order valence-corrected chi connectivity index (χ4v) is 5.17. The van der Waals surface area contributed by atoms with Crippen LogP contribution in [0.3, 0.4) is 0 Å². The smallest absolute Gasteiger partial charge is 0.242 e. The summed E-state index contributed by atoms with van der Waals surface area (Å²) in [5.41, 5.74) is 2.23. The first-order valence-corrected chi connectivity index (χ1v) is 11.8. The molecule has 1 aromatic heterocycles. The van der Waals surface area contributed by atoms with Crippen molar-refractivity contribution in [2.45, 2.75) is 42.9 Å². The van der Waals surface area contributed by atoms with Gasteiger partial charge in [0.15, 0.2) is 0 Å². The monoisotopic (exact) mass is 446 g/mol. The van der Waals surface area contributed by atoms with Crippen molar-refractivity contribution in [2.75, 3.05) is 13.1 Å². The van der Waals surface area contributed by atoms with Crippen molar-refractivity contribution < 1.29 is 4.79 Å². The summed E-state index contributed by atoms with van der Waals surface area (Å²) in [5.74, 6) is 1.01. The van der Waals surface area contributed by atoms with Gasteiger partial charge in [0.2, 0.25) is 5.91 Å². The molecule has 29 heavy (non-hydrogen) atoms. The summed E-state index contributed by atoms with van der Waals surface area (Å²) in [6.07, 6.45) is 6.80. The molecule has 1 aliphatic heterocycles. The number of fused-ring (bicyclic) bond motifs is 1. The number of thioether (sulfide) groups is 1. The maximum absolute atomic E-state index is 12.9. The molecule has 3 nitrogen and oxygen atoms in total. The maximum atomic E-state index is 12.9. The van der Waals surface area contributed by atoms with E-state index in [0.29, 0.717) is 16.6 Å². The first-order valence-electron chi connectivity index (χ1n) is 10.0. The number of aromatic nitrogens is 1. The molecule has 2 heterocycles. The minimum absolute atomic E-state index is 0.216. The quantitative estimate of drug-likeness (QED) is 0.410. The standard InChI is InChI=1S/C23H24Cl2N2OS/c24-19-10-9-17(13-20(19)25)16-29-22-14-27(21-8-4-3-7-18(21)22)15-23(28)26-11-5-1-2-6-12-26/h3-4,7-10,13-14H,1-2,5-6,11-12,15-16H2. The van der Waals surface area contributed by atoms with Gasteiger partial charge in [-0.1, -0.05) is 60.3 Å². The van der Waals surface area contributed by atoms with Crippen LogP contribution in [-0.4, -0.2) is 28.5 Å². The van der Waals surface area contributed by atoms with E-state index in [1.165, 1.54) is 23.1 Å². The molecule has 152 valence electrons. The average molecular weight is 447 g/mol. The van der Waals surface area contributed by atoms with E-state index in [-0.39, 0.29) is 5.91 Å². The summed E-state index contributed by atoms with van der Waals surface area (Å²) in [5, 5.41) is 2.33. The summed E-state index contributed by atoms with van der Waals surface area (Å²) in [7, 11) is 0. The molecule has 2 aromatic carbocycles. The van der Waals surface area contributed by atoms with Crippen LogP contribution < -0.4 is 0 Å². The number of nitrogens with zero attached hydrogens (tertiary/aromatic N) is 2. The molecule has 0 bridgehead atoms. The second-order valence-corrected chi connectivity index (χ2v) is 9.30. The maximum Gasteiger partial charge on any atom is 0.242 e. The number of hydrogen-bond donors (Lipinski definition) is 0. The van der Waals surface area contributed by atoms with E-state index in [1.54, 1.807) is 11.8 Å². The lowest BCUT2D eigenvalue weighted by atomic mass is 10.2. The Bertz CT molecular complexity index is 1010. The summed E-state index contributed by atoms with van der Waals surface area (Å²) in [4.78, 5) is 16.1. The highest BCUT2D eigenvalue weighted by Crippen LogP contribution is 2.33. The van der Waals surface area contributed by atoms with Gasteiger partial charge in [-0.3, -0.25) is 4.79 Å². The third kappa shape index (κ3) is 4.93. The Kier molecular flexibility index (Phi) is 6.74. The minimum atomic E-state index is 0.216. The number of carbonyl (C=O) groups excluding carboxylic acids is 1. The van der Waals surface area contributed by atoms with Crippen LogP contribution in [0.1, 0.15) is 31.2 Å². The molecular formula is C23H24Cl2N2OS. The van der Waals surface area contributed by atoms with E-state index in [1.807, 2.05) is 35.2 Å². The molecule has 0 radical (unpaired) electrons. The molecule has 4 rings (SSSR count). The number of halogens is 2. The molecule has 1 fully saturated rings. The number of likely N-dealkylation sites (tertiary alicyclic amines) is 1. The van der Waals surface area contributed by atoms with Crippen molar-refractivity contribution in [1.82, 2.24) is 9.47 Å². The summed E-state index contributed by atoms with van der Waals surface area (Å²) < 4.78 is 2.10. The van der Waals surface area contributed by atoms with Crippen molar-refractivity contribution in [2.24, 2.45) is 0 Å². The Morgan fingerprint density at radius 3 is 2.48 bits per heavy atom. The summed E-state index contributed by atoms with van der Waals surface area (Å²) in [6, 6.07) is 14.0. The largest absolute Gasteiger partial charge is 0.341 e. The lowest BCUT2D eigenvalue weighted by Crippen LogP contribution is -2.34. The van der Waals surface area contributed by atoms with Gasteiger partial charge in [0.25, 0.3) is 0 Å². The Morgan fingerprint density at radius 1 is 0.966 bits per heavy atom. The highest BCUT2D eigenvalue weighted by Gasteiger charge is 2.18. The Morgan fingerprint density at radius 2 is 1.72 bits per heavy atom. The third-order valence-corrected chi connectivity index (χ3v) is 7.25. The first-order chi connectivity index (χ1) is 14.1. The Balaban J connectivity index is 1.53. The molecule has 1 aliphatic rings. The minimum Gasteiger partial charge on any atom is -0.341 e. The van der Waals surface area contributed by atoms with Gasteiger partial charge in [-0.25, -0.2) is 0 Å². The molecule has 1 saturated heterocycles. The van der Waals surface area contributed by atoms with Gasteiger partial charge in [0.1, 0.15) is 6.54 Å². The first kappa shape index (κ1) is 20.6. The van der Waals surface area contributed by atoms with Gasteiger partial charge in [0.05, 0.1) is 10.0 Å². The number of benzene rings is 2. The normalized spacial score (nSPS) is 14.9. The van der Waals surface area contributed by atoms with Gasteiger partial charge < -0.3 is 9.47 Å². The zero-order chi connectivity index (χ0) is 20.2. The molecule has 0 aliphatic carbocycles. The van der Waals surface area contributed by atoms with Crippen molar-refractivity contribution in [3.63, 3.8) is 0 Å². The predicted molar refractivity (Wildman–Crippen MR) is 123 cm³/mol. The third-order valence-electron chi connectivity index (χ3n) is 5.39. The molecule has 0 spiro atoms. The highest BCUT2D eigenvalue weighted by molar-refractivity contribution is 7.98. The van der Waals surface area contributed by atoms with Gasteiger partial charge in [-0.2, -0.15) is 0 Å². The van der Waals surface area contributed by atoms with Crippen molar-refractivity contribution in [3.05, 3.63) is 64.3 Å². The van der Waals surface area contributed by atoms with Crippen LogP contribution in [0.4, 0.5) is 0 Å². The van der Waals surface area contributed by atoms with E-state index in [4.69, 9.17) is 23.2 Å². The molecule has 0 saturated carbocycles. The van der Waals surface area contributed by atoms with Crippen molar-refractivity contribution in [3.8, 4) is 0 Å². The van der Waals surface area contributed by atoms with Crippen LogP contribution in [0, 0.1) is 0 Å². The van der Waals surface area contributed by atoms with Crippen molar-refractivity contribution >= 4 is 51.8 Å². The van der Waals surface area contributed by atoms with E-state index < -0.39 is 0 Å². The second-order valence-electron chi connectivity index (χ2n) is 7.47. The fraction of sp³-hybridized carbons (Fsp3) is 0.348. The van der Waals surface area contributed by atoms with Crippen LogP contribution in [0.5, 0.6) is 0 Å². The summed E-state index contributed by atoms with van der Waals surface area (Å²) in [6.45, 7) is 2.17. The topological polar surface area (TPSA) is 25.2 Å². The number of hydrogen-bond acceptors (Lipinski definition) is 2. The molecule has 6 heteroatoms. The van der Waals surface area contributed by atoms with Gasteiger partial charge in [0, 0.05) is 40.8 Å². The van der Waals surface area contributed by atoms with Crippen LogP contribution >= 0.6 is 35.0 Å². The summed E-state index contributed by atoms with van der Waals surface area (Å²) >= 11 is 13.9. The molecular weight excluding hydrogens is 423 g/mol. The number of amides is 1. The highest BCUT2D eigenvalue weighted by atomic mass is 35.5. The molecule has 1 amide bonds. The van der Waals surface area contributed by atoms with Crippen molar-refractivity contribution in [1.29, 1.82) is 0 Å². The Hall–Kier alpha value is -1.62. The molecule has 0 atom stereocenters. The van der Waals surface area contributed by atoms with Crippen LogP contribution in [0.2, 0.25) is 10.0 Å². The second kappa shape index (κ2) is 9.46. The zero-order valence-corrected chi connectivity index (χ0v) is 18.6. The van der Waals surface area contributed by atoms with Crippen LogP contribution in [0.15, 0.2) is 53.6 Å². The zero-order valence-electron chi connectivity index (χ0n) is 16.2. The predicted octanol–water partition coefficient (Wildman–Crippen LogP) is 6.64. The number of carbonyl (C=O) groups is 1. The molecule has 0 unspecified atom stereocenters. The van der Waals surface area contributed by atoms with E-state index in [0.717, 1.165) is 42.8 Å². The SMILES string of the molecule is O=C(Cn1cc(SCc2ccc(Cl)c(Cl)c2)c2ccccc21)N1CCCCCC1. The van der Waals surface area contributed by atoms with E-state index in [9.17, 15) is 4.79 Å². The van der Waals surface area contributed by atoms with Gasteiger partial charge in [-0.05, 0) is 36.6 Å². The lowest BCUT2D eigenvalue weighted by Gasteiger charge is -2.20.